The normalized spacial score (nSPS) is 14.7. The molecule has 22 heavy (non-hydrogen) atoms. The quantitative estimate of drug-likeness (QED) is 0.922. The third-order valence-corrected chi connectivity index (χ3v) is 4.20. The lowest BCUT2D eigenvalue weighted by Gasteiger charge is -2.25. The summed E-state index contributed by atoms with van der Waals surface area (Å²) in [5.74, 6) is 1.52. The summed E-state index contributed by atoms with van der Waals surface area (Å²) in [6.45, 7) is 7.85. The summed E-state index contributed by atoms with van der Waals surface area (Å²) in [6, 6.07) is 5.97. The van der Waals surface area contributed by atoms with Gasteiger partial charge in [-0.3, -0.25) is 10.00 Å². The molecule has 1 N–H and O–H groups in total. The van der Waals surface area contributed by atoms with Crippen LogP contribution in [0.5, 0.6) is 11.5 Å². The van der Waals surface area contributed by atoms with Crippen LogP contribution in [-0.4, -0.2) is 41.9 Å². The van der Waals surface area contributed by atoms with Gasteiger partial charge in [0, 0.05) is 36.3 Å². The molecule has 0 unspecified atom stereocenters. The average molecular weight is 301 g/mol. The Hall–Kier alpha value is -2.01. The standard InChI is InChI=1S/C17H23N3O2/c1-4-20-10-9-14-13(11-20)16(19-18-14)12-7-6-8-15(22-5-2)17(12)21-3/h6-8H,4-5,9-11H2,1-3H3,(H,18,19). The molecule has 0 amide bonds. The van der Waals surface area contributed by atoms with E-state index in [0.717, 1.165) is 48.8 Å². The number of ether oxygens (including phenoxy) is 2. The Bertz CT molecular complexity index is 651. The summed E-state index contributed by atoms with van der Waals surface area (Å²) in [6.07, 6.45) is 1.02. The maximum absolute atomic E-state index is 5.68. The van der Waals surface area contributed by atoms with E-state index in [-0.39, 0.29) is 0 Å². The fourth-order valence-corrected chi connectivity index (χ4v) is 3.03. The molecule has 1 aromatic heterocycles. The van der Waals surface area contributed by atoms with Crippen LogP contribution in [0.4, 0.5) is 0 Å². The molecule has 5 heteroatoms. The second kappa shape index (κ2) is 6.40. The maximum atomic E-state index is 5.68. The number of aromatic amines is 1. The predicted molar refractivity (Wildman–Crippen MR) is 86.4 cm³/mol. The number of methoxy groups -OCH3 is 1. The van der Waals surface area contributed by atoms with E-state index in [9.17, 15) is 0 Å². The highest BCUT2D eigenvalue weighted by molar-refractivity contribution is 5.74. The van der Waals surface area contributed by atoms with Gasteiger partial charge in [-0.2, -0.15) is 5.10 Å². The highest BCUT2D eigenvalue weighted by Crippen LogP contribution is 2.40. The lowest BCUT2D eigenvalue weighted by molar-refractivity contribution is 0.267. The molecule has 0 radical (unpaired) electrons. The molecule has 0 saturated heterocycles. The van der Waals surface area contributed by atoms with Gasteiger partial charge in [0.15, 0.2) is 11.5 Å². The Kier molecular flexibility index (Phi) is 4.34. The van der Waals surface area contributed by atoms with Crippen molar-refractivity contribution >= 4 is 0 Å². The van der Waals surface area contributed by atoms with E-state index in [1.54, 1.807) is 7.11 Å². The van der Waals surface area contributed by atoms with E-state index in [0.29, 0.717) is 6.61 Å². The van der Waals surface area contributed by atoms with Gasteiger partial charge in [0.25, 0.3) is 0 Å². The van der Waals surface area contributed by atoms with Gasteiger partial charge in [0.2, 0.25) is 0 Å². The number of aromatic nitrogens is 2. The van der Waals surface area contributed by atoms with Crippen molar-refractivity contribution < 1.29 is 9.47 Å². The monoisotopic (exact) mass is 301 g/mol. The Morgan fingerprint density at radius 1 is 1.32 bits per heavy atom. The number of benzene rings is 1. The fourth-order valence-electron chi connectivity index (χ4n) is 3.03. The lowest BCUT2D eigenvalue weighted by atomic mass is 10.00. The number of rotatable bonds is 5. The lowest BCUT2D eigenvalue weighted by Crippen LogP contribution is -2.30. The van der Waals surface area contributed by atoms with Crippen LogP contribution in [0.15, 0.2) is 18.2 Å². The SMILES string of the molecule is CCOc1cccc(-c2n[nH]c3c2CN(CC)CC3)c1OC. The van der Waals surface area contributed by atoms with Gasteiger partial charge >= 0.3 is 0 Å². The summed E-state index contributed by atoms with van der Waals surface area (Å²) in [4.78, 5) is 2.43. The molecular formula is C17H23N3O2. The number of likely N-dealkylation sites (N-methyl/N-ethyl adjacent to an activating group) is 1. The minimum Gasteiger partial charge on any atom is -0.492 e. The first-order valence-corrected chi connectivity index (χ1v) is 7.87. The number of hydrogen-bond acceptors (Lipinski definition) is 4. The molecule has 3 rings (SSSR count). The number of H-pyrrole nitrogens is 1. The van der Waals surface area contributed by atoms with E-state index in [4.69, 9.17) is 9.47 Å². The van der Waals surface area contributed by atoms with Gasteiger partial charge in [-0.05, 0) is 25.6 Å². The molecule has 0 spiro atoms. The Morgan fingerprint density at radius 3 is 2.91 bits per heavy atom. The second-order valence-electron chi connectivity index (χ2n) is 5.42. The summed E-state index contributed by atoms with van der Waals surface area (Å²) in [7, 11) is 1.68. The van der Waals surface area contributed by atoms with Gasteiger partial charge in [-0.15, -0.1) is 0 Å². The van der Waals surface area contributed by atoms with Crippen molar-refractivity contribution in [3.05, 3.63) is 29.5 Å². The van der Waals surface area contributed by atoms with Crippen LogP contribution in [0, 0.1) is 0 Å². The molecule has 5 nitrogen and oxygen atoms in total. The van der Waals surface area contributed by atoms with Crippen molar-refractivity contribution in [2.24, 2.45) is 0 Å². The van der Waals surface area contributed by atoms with Crippen LogP contribution < -0.4 is 9.47 Å². The number of fused-ring (bicyclic) bond motifs is 1. The Balaban J connectivity index is 2.05. The number of nitrogens with one attached hydrogen (secondary N) is 1. The van der Waals surface area contributed by atoms with E-state index < -0.39 is 0 Å². The number of hydrogen-bond donors (Lipinski definition) is 1. The van der Waals surface area contributed by atoms with Gasteiger partial charge in [-0.1, -0.05) is 13.0 Å². The van der Waals surface area contributed by atoms with Gasteiger partial charge in [0.1, 0.15) is 5.69 Å². The third-order valence-electron chi connectivity index (χ3n) is 4.20. The highest BCUT2D eigenvalue weighted by atomic mass is 16.5. The zero-order valence-corrected chi connectivity index (χ0v) is 13.5. The zero-order chi connectivity index (χ0) is 15.5. The van der Waals surface area contributed by atoms with Crippen LogP contribution in [-0.2, 0) is 13.0 Å². The number of para-hydroxylation sites is 1. The van der Waals surface area contributed by atoms with Crippen molar-refractivity contribution in [2.45, 2.75) is 26.8 Å². The van der Waals surface area contributed by atoms with Crippen molar-refractivity contribution in [3.8, 4) is 22.8 Å². The Labute approximate surface area is 131 Å². The first-order valence-electron chi connectivity index (χ1n) is 7.87. The molecule has 2 aromatic rings. The highest BCUT2D eigenvalue weighted by Gasteiger charge is 2.24. The van der Waals surface area contributed by atoms with Crippen LogP contribution in [0.2, 0.25) is 0 Å². The van der Waals surface area contributed by atoms with Gasteiger partial charge in [0.05, 0.1) is 13.7 Å². The minimum atomic E-state index is 0.613. The molecule has 0 saturated carbocycles. The van der Waals surface area contributed by atoms with E-state index >= 15 is 0 Å². The smallest absolute Gasteiger partial charge is 0.170 e. The van der Waals surface area contributed by atoms with E-state index in [2.05, 4.69) is 22.0 Å². The summed E-state index contributed by atoms with van der Waals surface area (Å²) in [5.41, 5.74) is 4.49. The van der Waals surface area contributed by atoms with Gasteiger partial charge < -0.3 is 9.47 Å². The first kappa shape index (κ1) is 14.9. The molecule has 1 aliphatic heterocycles. The molecule has 1 aliphatic rings. The summed E-state index contributed by atoms with van der Waals surface area (Å²) >= 11 is 0. The first-order chi connectivity index (χ1) is 10.8. The molecule has 118 valence electrons. The zero-order valence-electron chi connectivity index (χ0n) is 13.5. The minimum absolute atomic E-state index is 0.613. The number of nitrogens with zero attached hydrogens (tertiary/aromatic N) is 2. The van der Waals surface area contributed by atoms with Crippen LogP contribution in [0.25, 0.3) is 11.3 Å². The molecular weight excluding hydrogens is 278 g/mol. The predicted octanol–water partition coefficient (Wildman–Crippen LogP) is 2.86. The van der Waals surface area contributed by atoms with E-state index in [1.165, 1.54) is 11.3 Å². The van der Waals surface area contributed by atoms with Crippen LogP contribution >= 0.6 is 0 Å². The summed E-state index contributed by atoms with van der Waals surface area (Å²) < 4.78 is 11.3. The molecule has 0 atom stereocenters. The van der Waals surface area contributed by atoms with Crippen LogP contribution in [0.3, 0.4) is 0 Å². The average Bonchev–Trinajstić information content (AvgIpc) is 2.97. The van der Waals surface area contributed by atoms with Crippen LogP contribution in [0.1, 0.15) is 25.1 Å². The molecule has 0 bridgehead atoms. The van der Waals surface area contributed by atoms with Gasteiger partial charge in [-0.25, -0.2) is 0 Å². The molecule has 0 aliphatic carbocycles. The largest absolute Gasteiger partial charge is 0.492 e. The molecule has 0 fully saturated rings. The van der Waals surface area contributed by atoms with Crippen molar-refractivity contribution in [2.75, 3.05) is 26.8 Å². The van der Waals surface area contributed by atoms with Crippen molar-refractivity contribution in [1.82, 2.24) is 15.1 Å². The fraction of sp³-hybridized carbons (Fsp3) is 0.471. The Morgan fingerprint density at radius 2 is 2.18 bits per heavy atom. The molecule has 1 aromatic carbocycles. The second-order valence-corrected chi connectivity index (χ2v) is 5.42. The summed E-state index contributed by atoms with van der Waals surface area (Å²) in [5, 5.41) is 7.76. The van der Waals surface area contributed by atoms with Crippen molar-refractivity contribution in [3.63, 3.8) is 0 Å². The third kappa shape index (κ3) is 2.57. The van der Waals surface area contributed by atoms with Crippen molar-refractivity contribution in [1.29, 1.82) is 0 Å². The van der Waals surface area contributed by atoms with E-state index in [1.807, 2.05) is 25.1 Å². The molecule has 2 heterocycles. The maximum Gasteiger partial charge on any atom is 0.170 e. The topological polar surface area (TPSA) is 50.4 Å².